The molecule has 1 amide bonds. The van der Waals surface area contributed by atoms with E-state index < -0.39 is 15.4 Å². The fourth-order valence-corrected chi connectivity index (χ4v) is 3.94. The van der Waals surface area contributed by atoms with E-state index in [1.807, 2.05) is 25.1 Å². The molecule has 2 rings (SSSR count). The van der Waals surface area contributed by atoms with E-state index in [0.29, 0.717) is 23.8 Å². The highest BCUT2D eigenvalue weighted by atomic mass is 32.2. The first-order valence-electron chi connectivity index (χ1n) is 8.66. The molecule has 7 nitrogen and oxygen atoms in total. The van der Waals surface area contributed by atoms with Gasteiger partial charge in [0.1, 0.15) is 18.1 Å². The van der Waals surface area contributed by atoms with Crippen LogP contribution in [-0.2, 0) is 26.9 Å². The van der Waals surface area contributed by atoms with Crippen LogP contribution in [0.5, 0.6) is 0 Å². The molecule has 0 aliphatic heterocycles. The van der Waals surface area contributed by atoms with Crippen LogP contribution in [0.2, 0.25) is 0 Å². The normalized spacial score (nSPS) is 14.5. The van der Waals surface area contributed by atoms with Crippen LogP contribution in [0.4, 0.5) is 0 Å². The predicted molar refractivity (Wildman–Crippen MR) is 103 cm³/mol. The van der Waals surface area contributed by atoms with Crippen LogP contribution in [0.3, 0.4) is 0 Å². The van der Waals surface area contributed by atoms with E-state index in [1.165, 1.54) is 0 Å². The smallest absolute Gasteiger partial charge is 0.240 e. The zero-order valence-electron chi connectivity index (χ0n) is 15.8. The molecule has 0 fully saturated rings. The number of nitrogens with two attached hydrogens (primary N) is 1. The van der Waals surface area contributed by atoms with Gasteiger partial charge in [-0.2, -0.15) is 0 Å². The predicted octanol–water partition coefficient (Wildman–Crippen LogP) is 1.46. The Hall–Kier alpha value is -1.93. The summed E-state index contributed by atoms with van der Waals surface area (Å²) in [6.07, 6.45) is 1.92. The van der Waals surface area contributed by atoms with Crippen LogP contribution in [0.25, 0.3) is 11.0 Å². The number of fused-ring (bicyclic) bond motifs is 1. The summed E-state index contributed by atoms with van der Waals surface area (Å²) in [5.74, 6) is 0.326. The van der Waals surface area contributed by atoms with Crippen molar-refractivity contribution in [2.45, 2.75) is 45.0 Å². The van der Waals surface area contributed by atoms with Gasteiger partial charge in [0.25, 0.3) is 0 Å². The molecule has 0 aliphatic rings. The van der Waals surface area contributed by atoms with Crippen LogP contribution in [0.1, 0.15) is 33.0 Å². The van der Waals surface area contributed by atoms with E-state index in [4.69, 9.17) is 5.73 Å². The standard InChI is InChI=1S/C18H28N4O3S/c1-13(2)9-18(3,12-19)21-17(23)10-22-15-8-6-5-7-14(15)20-16(22)11-26(4,24)25/h5-8,13H,9-12,19H2,1-4H3,(H,21,23). The average Bonchev–Trinajstić information content (AvgIpc) is 2.82. The van der Waals surface area contributed by atoms with Crippen molar-refractivity contribution in [3.63, 3.8) is 0 Å². The van der Waals surface area contributed by atoms with E-state index in [9.17, 15) is 13.2 Å². The van der Waals surface area contributed by atoms with Gasteiger partial charge in [-0.1, -0.05) is 26.0 Å². The minimum Gasteiger partial charge on any atom is -0.348 e. The molecular formula is C18H28N4O3S. The summed E-state index contributed by atoms with van der Waals surface area (Å²) in [5.41, 5.74) is 6.77. The number of benzene rings is 1. The number of para-hydroxylation sites is 2. The molecule has 3 N–H and O–H groups in total. The summed E-state index contributed by atoms with van der Waals surface area (Å²) >= 11 is 0. The number of amides is 1. The van der Waals surface area contributed by atoms with E-state index in [-0.39, 0.29) is 18.2 Å². The van der Waals surface area contributed by atoms with Crippen LogP contribution in [-0.4, -0.2) is 42.2 Å². The average molecular weight is 381 g/mol. The molecule has 8 heteroatoms. The molecule has 1 aromatic carbocycles. The minimum absolute atomic E-state index is 0.000941. The molecule has 2 aromatic rings. The lowest BCUT2D eigenvalue weighted by molar-refractivity contribution is -0.123. The second-order valence-corrected chi connectivity index (χ2v) is 9.72. The largest absolute Gasteiger partial charge is 0.348 e. The number of sulfone groups is 1. The highest BCUT2D eigenvalue weighted by Crippen LogP contribution is 2.19. The van der Waals surface area contributed by atoms with Gasteiger partial charge in [-0.05, 0) is 31.4 Å². The molecule has 26 heavy (non-hydrogen) atoms. The molecule has 0 saturated heterocycles. The van der Waals surface area contributed by atoms with Crippen LogP contribution in [0, 0.1) is 5.92 Å². The third kappa shape index (κ3) is 5.28. The molecule has 1 heterocycles. The number of carbonyl (C=O) groups excluding carboxylic acids is 1. The van der Waals surface area contributed by atoms with Crippen LogP contribution in [0.15, 0.2) is 24.3 Å². The Morgan fingerprint density at radius 1 is 1.35 bits per heavy atom. The Morgan fingerprint density at radius 3 is 2.58 bits per heavy atom. The Morgan fingerprint density at radius 2 is 2.00 bits per heavy atom. The van der Waals surface area contributed by atoms with Gasteiger partial charge in [0.2, 0.25) is 5.91 Å². The molecule has 0 radical (unpaired) electrons. The van der Waals surface area contributed by atoms with Crippen molar-refractivity contribution in [2.75, 3.05) is 12.8 Å². The quantitative estimate of drug-likeness (QED) is 0.721. The highest BCUT2D eigenvalue weighted by Gasteiger charge is 2.26. The lowest BCUT2D eigenvalue weighted by Crippen LogP contribution is -2.53. The molecule has 0 spiro atoms. The molecule has 1 aromatic heterocycles. The van der Waals surface area contributed by atoms with Gasteiger partial charge in [-0.25, -0.2) is 13.4 Å². The Kier molecular flexibility index (Phi) is 6.08. The maximum absolute atomic E-state index is 12.7. The fraction of sp³-hybridized carbons (Fsp3) is 0.556. The summed E-state index contributed by atoms with van der Waals surface area (Å²) in [6.45, 7) is 6.41. The summed E-state index contributed by atoms with van der Waals surface area (Å²) in [6, 6.07) is 7.30. The molecule has 144 valence electrons. The summed E-state index contributed by atoms with van der Waals surface area (Å²) < 4.78 is 25.1. The van der Waals surface area contributed by atoms with E-state index in [2.05, 4.69) is 24.1 Å². The van der Waals surface area contributed by atoms with Gasteiger partial charge < -0.3 is 15.6 Å². The number of hydrogen-bond acceptors (Lipinski definition) is 5. The lowest BCUT2D eigenvalue weighted by atomic mass is 9.91. The van der Waals surface area contributed by atoms with E-state index in [1.54, 1.807) is 10.6 Å². The molecule has 1 atom stereocenters. The maximum Gasteiger partial charge on any atom is 0.240 e. The summed E-state index contributed by atoms with van der Waals surface area (Å²) in [7, 11) is -3.27. The molecule has 0 saturated carbocycles. The van der Waals surface area contributed by atoms with Gasteiger partial charge in [-0.3, -0.25) is 4.79 Å². The highest BCUT2D eigenvalue weighted by molar-refractivity contribution is 7.89. The second kappa shape index (κ2) is 7.75. The maximum atomic E-state index is 12.7. The number of rotatable bonds is 8. The monoisotopic (exact) mass is 380 g/mol. The number of aromatic nitrogens is 2. The minimum atomic E-state index is -3.27. The van der Waals surface area contributed by atoms with Crippen molar-refractivity contribution in [2.24, 2.45) is 11.7 Å². The molecule has 0 aliphatic carbocycles. The van der Waals surface area contributed by atoms with Crippen molar-refractivity contribution in [1.82, 2.24) is 14.9 Å². The van der Waals surface area contributed by atoms with Crippen molar-refractivity contribution in [3.8, 4) is 0 Å². The van der Waals surface area contributed by atoms with Crippen LogP contribution < -0.4 is 11.1 Å². The number of nitrogens with one attached hydrogen (secondary N) is 1. The first-order valence-corrected chi connectivity index (χ1v) is 10.7. The summed E-state index contributed by atoms with van der Waals surface area (Å²) in [5, 5.41) is 3.01. The molecule has 0 bridgehead atoms. The first kappa shape index (κ1) is 20.4. The third-order valence-corrected chi connectivity index (χ3v) is 4.96. The van der Waals surface area contributed by atoms with Gasteiger partial charge in [0, 0.05) is 18.3 Å². The molecular weight excluding hydrogens is 352 g/mol. The first-order chi connectivity index (χ1) is 12.0. The van der Waals surface area contributed by atoms with Gasteiger partial charge in [0.15, 0.2) is 9.84 Å². The van der Waals surface area contributed by atoms with E-state index >= 15 is 0 Å². The second-order valence-electron chi connectivity index (χ2n) is 7.58. The van der Waals surface area contributed by atoms with Crippen molar-refractivity contribution < 1.29 is 13.2 Å². The third-order valence-electron chi connectivity index (χ3n) is 4.18. The lowest BCUT2D eigenvalue weighted by Gasteiger charge is -2.31. The number of hydrogen-bond donors (Lipinski definition) is 2. The van der Waals surface area contributed by atoms with Crippen LogP contribution >= 0.6 is 0 Å². The van der Waals surface area contributed by atoms with Gasteiger partial charge >= 0.3 is 0 Å². The Labute approximate surface area is 154 Å². The SMILES string of the molecule is CC(C)CC(C)(CN)NC(=O)Cn1c(CS(C)(=O)=O)nc2ccccc21. The van der Waals surface area contributed by atoms with Crippen molar-refractivity contribution in [3.05, 3.63) is 30.1 Å². The van der Waals surface area contributed by atoms with E-state index in [0.717, 1.165) is 18.2 Å². The number of carbonyl (C=O) groups is 1. The van der Waals surface area contributed by atoms with Crippen molar-refractivity contribution in [1.29, 1.82) is 0 Å². The zero-order valence-corrected chi connectivity index (χ0v) is 16.6. The van der Waals surface area contributed by atoms with Gasteiger partial charge in [-0.15, -0.1) is 0 Å². The zero-order chi connectivity index (χ0) is 19.5. The number of imidazole rings is 1. The molecule has 1 unspecified atom stereocenters. The fourth-order valence-electron chi connectivity index (χ4n) is 3.25. The number of nitrogens with zero attached hydrogens (tertiary/aromatic N) is 2. The topological polar surface area (TPSA) is 107 Å². The van der Waals surface area contributed by atoms with Crippen molar-refractivity contribution >= 4 is 26.8 Å². The Balaban J connectivity index is 2.31. The Bertz CT molecular complexity index is 889. The summed E-state index contributed by atoms with van der Waals surface area (Å²) in [4.78, 5) is 17.1. The van der Waals surface area contributed by atoms with Gasteiger partial charge in [0.05, 0.1) is 11.0 Å².